The molecule has 0 aromatic rings. The standard InChI is InChI=1S/C7H13N2O/c1-6(10)8-7-3-4-9(2)5-7/h7H,2-5H2,1H3,(H,8,10)/q-1/t7-/m1/s1. The Morgan fingerprint density at radius 3 is 2.90 bits per heavy atom. The summed E-state index contributed by atoms with van der Waals surface area (Å²) < 4.78 is 0. The molecule has 0 radical (unpaired) electrons. The van der Waals surface area contributed by atoms with E-state index in [0.29, 0.717) is 6.04 Å². The van der Waals surface area contributed by atoms with Gasteiger partial charge in [0.15, 0.2) is 0 Å². The molecule has 1 N–H and O–H groups in total. The van der Waals surface area contributed by atoms with Gasteiger partial charge < -0.3 is 10.2 Å². The lowest BCUT2D eigenvalue weighted by atomic mass is 10.3. The van der Waals surface area contributed by atoms with Gasteiger partial charge >= 0.3 is 0 Å². The number of nitrogens with zero attached hydrogens (tertiary/aromatic N) is 1. The minimum atomic E-state index is 0.0558. The van der Waals surface area contributed by atoms with E-state index < -0.39 is 0 Å². The largest absolute Gasteiger partial charge is 0.457 e. The summed E-state index contributed by atoms with van der Waals surface area (Å²) in [4.78, 5) is 12.5. The quantitative estimate of drug-likeness (QED) is 0.521. The predicted molar refractivity (Wildman–Crippen MR) is 39.2 cm³/mol. The van der Waals surface area contributed by atoms with Crippen molar-refractivity contribution in [3.8, 4) is 0 Å². The maximum atomic E-state index is 10.6. The lowest BCUT2D eigenvalue weighted by molar-refractivity contribution is -0.119. The van der Waals surface area contributed by atoms with Gasteiger partial charge in [0.05, 0.1) is 0 Å². The first-order valence-corrected chi connectivity index (χ1v) is 3.51. The van der Waals surface area contributed by atoms with Gasteiger partial charge in [-0.25, -0.2) is 0 Å². The number of nitrogens with one attached hydrogen (secondary N) is 1. The highest BCUT2D eigenvalue weighted by molar-refractivity contribution is 5.73. The van der Waals surface area contributed by atoms with Crippen LogP contribution >= 0.6 is 0 Å². The van der Waals surface area contributed by atoms with E-state index in [9.17, 15) is 4.79 Å². The average Bonchev–Trinajstić information content (AvgIpc) is 2.13. The Hall–Kier alpha value is -0.570. The fraction of sp³-hybridized carbons (Fsp3) is 0.714. The SMILES string of the molecule is [CH2-]N1CC[C@@H](NC(C)=O)C1. The van der Waals surface area contributed by atoms with Crippen molar-refractivity contribution in [2.24, 2.45) is 0 Å². The summed E-state index contributed by atoms with van der Waals surface area (Å²) >= 11 is 0. The monoisotopic (exact) mass is 141 g/mol. The molecule has 58 valence electrons. The highest BCUT2D eigenvalue weighted by atomic mass is 16.1. The molecule has 1 atom stereocenters. The molecule has 0 unspecified atom stereocenters. The van der Waals surface area contributed by atoms with Gasteiger partial charge in [0, 0.05) is 13.0 Å². The van der Waals surface area contributed by atoms with Crippen LogP contribution < -0.4 is 5.32 Å². The number of hydrogen-bond acceptors (Lipinski definition) is 2. The first kappa shape index (κ1) is 7.54. The normalized spacial score (nSPS) is 26.8. The second-order valence-corrected chi connectivity index (χ2v) is 2.76. The average molecular weight is 141 g/mol. The molecule has 1 fully saturated rings. The zero-order valence-corrected chi connectivity index (χ0v) is 6.26. The Balaban J connectivity index is 2.24. The molecule has 1 aliphatic rings. The lowest BCUT2D eigenvalue weighted by Crippen LogP contribution is -2.34. The molecule has 1 saturated heterocycles. The van der Waals surface area contributed by atoms with Crippen LogP contribution in [-0.4, -0.2) is 29.9 Å². The Morgan fingerprint density at radius 1 is 1.80 bits per heavy atom. The molecule has 1 aliphatic heterocycles. The van der Waals surface area contributed by atoms with Gasteiger partial charge in [0.1, 0.15) is 0 Å². The van der Waals surface area contributed by atoms with Crippen molar-refractivity contribution in [1.29, 1.82) is 0 Å². The van der Waals surface area contributed by atoms with Crippen LogP contribution in [0.15, 0.2) is 0 Å². The van der Waals surface area contributed by atoms with Gasteiger partial charge in [0.2, 0.25) is 5.91 Å². The minimum Gasteiger partial charge on any atom is -0.457 e. The number of likely N-dealkylation sites (tertiary alicyclic amines) is 1. The molecule has 0 aromatic heterocycles. The smallest absolute Gasteiger partial charge is 0.217 e. The van der Waals surface area contributed by atoms with Crippen LogP contribution in [0, 0.1) is 7.05 Å². The predicted octanol–water partition coefficient (Wildman–Crippen LogP) is -0.0116. The highest BCUT2D eigenvalue weighted by Crippen LogP contribution is 2.06. The van der Waals surface area contributed by atoms with Crippen LogP contribution in [0.1, 0.15) is 13.3 Å². The topological polar surface area (TPSA) is 32.3 Å². The Bertz CT molecular complexity index is 136. The van der Waals surface area contributed by atoms with Crippen LogP contribution in [-0.2, 0) is 4.79 Å². The summed E-state index contributed by atoms with van der Waals surface area (Å²) in [5.74, 6) is 0.0558. The maximum absolute atomic E-state index is 10.6. The van der Waals surface area contributed by atoms with E-state index in [1.165, 1.54) is 0 Å². The van der Waals surface area contributed by atoms with E-state index in [4.69, 9.17) is 0 Å². The third-order valence-corrected chi connectivity index (χ3v) is 1.68. The fourth-order valence-electron chi connectivity index (χ4n) is 1.24. The van der Waals surface area contributed by atoms with Gasteiger partial charge in [-0.2, -0.15) is 0 Å². The third kappa shape index (κ3) is 1.99. The minimum absolute atomic E-state index is 0.0558. The van der Waals surface area contributed by atoms with Crippen LogP contribution in [0.4, 0.5) is 0 Å². The number of hydrogen-bond donors (Lipinski definition) is 1. The second-order valence-electron chi connectivity index (χ2n) is 2.76. The summed E-state index contributed by atoms with van der Waals surface area (Å²) in [5, 5.41) is 2.85. The van der Waals surface area contributed by atoms with E-state index in [1.807, 2.05) is 4.90 Å². The number of carbonyl (C=O) groups excluding carboxylic acids is 1. The first-order chi connectivity index (χ1) is 4.68. The molecule has 3 nitrogen and oxygen atoms in total. The number of carbonyl (C=O) groups is 1. The summed E-state index contributed by atoms with van der Waals surface area (Å²) in [6.45, 7) is 3.43. The molecule has 1 heterocycles. The van der Waals surface area contributed by atoms with E-state index in [-0.39, 0.29) is 5.91 Å². The van der Waals surface area contributed by atoms with Crippen LogP contribution in [0.25, 0.3) is 0 Å². The first-order valence-electron chi connectivity index (χ1n) is 3.51. The highest BCUT2D eigenvalue weighted by Gasteiger charge is 2.15. The second kappa shape index (κ2) is 3.01. The van der Waals surface area contributed by atoms with E-state index in [0.717, 1.165) is 19.5 Å². The van der Waals surface area contributed by atoms with Crippen molar-refractivity contribution < 1.29 is 4.79 Å². The third-order valence-electron chi connectivity index (χ3n) is 1.68. The molecular weight excluding hydrogens is 128 g/mol. The number of rotatable bonds is 1. The molecule has 1 amide bonds. The van der Waals surface area contributed by atoms with Gasteiger partial charge in [-0.3, -0.25) is 11.8 Å². The van der Waals surface area contributed by atoms with Crippen molar-refractivity contribution in [3.63, 3.8) is 0 Å². The molecule has 0 aromatic carbocycles. The van der Waals surface area contributed by atoms with E-state index in [1.54, 1.807) is 6.92 Å². The Labute approximate surface area is 61.4 Å². The van der Waals surface area contributed by atoms with Crippen molar-refractivity contribution in [1.82, 2.24) is 10.2 Å². The Kier molecular flexibility index (Phi) is 2.27. The molecular formula is C7H13N2O-. The fourth-order valence-corrected chi connectivity index (χ4v) is 1.24. The summed E-state index contributed by atoms with van der Waals surface area (Å²) in [5.41, 5.74) is 0. The van der Waals surface area contributed by atoms with Crippen molar-refractivity contribution >= 4 is 5.91 Å². The zero-order chi connectivity index (χ0) is 7.56. The zero-order valence-electron chi connectivity index (χ0n) is 6.26. The molecule has 0 saturated carbocycles. The summed E-state index contributed by atoms with van der Waals surface area (Å²) in [7, 11) is 3.78. The molecule has 0 aliphatic carbocycles. The van der Waals surface area contributed by atoms with Gasteiger partial charge in [-0.1, -0.05) is 0 Å². The molecule has 0 spiro atoms. The summed E-state index contributed by atoms with van der Waals surface area (Å²) in [6.07, 6.45) is 1.03. The van der Waals surface area contributed by atoms with Crippen molar-refractivity contribution in [3.05, 3.63) is 7.05 Å². The van der Waals surface area contributed by atoms with Crippen LogP contribution in [0.5, 0.6) is 0 Å². The molecule has 10 heavy (non-hydrogen) atoms. The van der Waals surface area contributed by atoms with Gasteiger partial charge in [0.25, 0.3) is 0 Å². The van der Waals surface area contributed by atoms with E-state index in [2.05, 4.69) is 12.4 Å². The molecule has 1 rings (SSSR count). The maximum Gasteiger partial charge on any atom is 0.217 e. The van der Waals surface area contributed by atoms with Crippen molar-refractivity contribution in [2.45, 2.75) is 19.4 Å². The summed E-state index contributed by atoms with van der Waals surface area (Å²) in [6, 6.07) is 0.329. The van der Waals surface area contributed by atoms with Gasteiger partial charge in [-0.05, 0) is 19.5 Å². The van der Waals surface area contributed by atoms with E-state index >= 15 is 0 Å². The Morgan fingerprint density at radius 2 is 2.50 bits per heavy atom. The molecule has 3 heteroatoms. The van der Waals surface area contributed by atoms with Crippen molar-refractivity contribution in [2.75, 3.05) is 13.1 Å². The lowest BCUT2D eigenvalue weighted by Gasteiger charge is -2.16. The van der Waals surface area contributed by atoms with Crippen LogP contribution in [0.3, 0.4) is 0 Å². The van der Waals surface area contributed by atoms with Crippen LogP contribution in [0.2, 0.25) is 0 Å². The number of amides is 1. The molecule has 0 bridgehead atoms. The van der Waals surface area contributed by atoms with Gasteiger partial charge in [-0.15, -0.1) is 0 Å².